The third-order valence-electron chi connectivity index (χ3n) is 14.6. The molecule has 8 heterocycles. The second-order valence-corrected chi connectivity index (χ2v) is 19.7. The fraction of sp³-hybridized carbons (Fsp3) is 0.510. The monoisotopic (exact) mass is 906 g/mol. The van der Waals surface area contributed by atoms with E-state index >= 15 is 0 Å². The van der Waals surface area contributed by atoms with E-state index < -0.39 is 77.1 Å². The summed E-state index contributed by atoms with van der Waals surface area (Å²) in [5.74, 6) is -1.11. The lowest BCUT2D eigenvalue weighted by Crippen LogP contribution is -2.74. The number of nitrogens with zero attached hydrogens (tertiary/aromatic N) is 5. The van der Waals surface area contributed by atoms with Crippen LogP contribution >= 0.6 is 0 Å². The van der Waals surface area contributed by atoms with Crippen molar-refractivity contribution in [3.8, 4) is 11.5 Å². The second kappa shape index (κ2) is 15.4. The number of piperazine rings is 2. The minimum atomic E-state index is -2.56. The first-order valence-electron chi connectivity index (χ1n) is 22.8. The minimum absolute atomic E-state index is 0.0134. The molecule has 66 heavy (non-hydrogen) atoms. The van der Waals surface area contributed by atoms with Gasteiger partial charge >= 0.3 is 0 Å². The third kappa shape index (κ3) is 6.22. The molecule has 0 saturated carbocycles. The van der Waals surface area contributed by atoms with Gasteiger partial charge in [0.05, 0.1) is 49.7 Å². The highest BCUT2D eigenvalue weighted by Crippen LogP contribution is 2.56. The highest BCUT2D eigenvalue weighted by atomic mass is 16.5. The summed E-state index contributed by atoms with van der Waals surface area (Å²) in [7, 11) is 3.10. The molecule has 350 valence electrons. The summed E-state index contributed by atoms with van der Waals surface area (Å²) < 4.78 is 19.9. The van der Waals surface area contributed by atoms with E-state index in [1.54, 1.807) is 52.3 Å². The standard InChI is InChI=1S/C49H58N6O11/c1-25(2)20-35-40-38(41(56)48(62)45(59)52-17-8-10-32(52)43(57)54(35)48)30-15-13-28(65-7)22-34(30)51(40)19-16-26(3)24-66-42-37-29-14-12-27(64-6)21-31(29)50-39(37)36(23-47(4,5)61)55-44(58)33-11-9-18-53(33)46(60)49(42,55)63/h12-16,20-22,32-33,35-36,41-42,50,56,61-63H,8-11,17-19,23-24H2,1-7H3/t32-,33-,35-,36-,41-,42-,48+,49-/m0/s1. The topological polar surface area (TPSA) is 211 Å². The van der Waals surface area contributed by atoms with Crippen molar-refractivity contribution in [2.24, 2.45) is 0 Å². The number of aliphatic hydroxyl groups excluding tert-OH is 1. The zero-order chi connectivity index (χ0) is 46.9. The van der Waals surface area contributed by atoms with Crippen LogP contribution in [0.25, 0.3) is 21.8 Å². The number of allylic oxidation sites excluding steroid dienone is 2. The lowest BCUT2D eigenvalue weighted by Gasteiger charge is -2.56. The first-order chi connectivity index (χ1) is 31.3. The van der Waals surface area contributed by atoms with Gasteiger partial charge in [-0.2, -0.15) is 0 Å². The van der Waals surface area contributed by atoms with Crippen molar-refractivity contribution >= 4 is 45.4 Å². The molecular formula is C49H58N6O11. The van der Waals surface area contributed by atoms with Gasteiger partial charge in [0, 0.05) is 71.3 Å². The number of aromatic nitrogens is 2. The molecule has 8 atom stereocenters. The molecule has 0 radical (unpaired) electrons. The van der Waals surface area contributed by atoms with E-state index in [-0.39, 0.29) is 19.6 Å². The van der Waals surface area contributed by atoms with Crippen LogP contribution in [0.2, 0.25) is 0 Å². The Hall–Kier alpha value is -5.72. The highest BCUT2D eigenvalue weighted by molar-refractivity contribution is 6.03. The first kappa shape index (κ1) is 44.1. The van der Waals surface area contributed by atoms with Gasteiger partial charge in [-0.05, 0) is 84.6 Å². The van der Waals surface area contributed by atoms with Crippen molar-refractivity contribution in [1.29, 1.82) is 0 Å². The van der Waals surface area contributed by atoms with Crippen LogP contribution < -0.4 is 9.47 Å². The summed E-state index contributed by atoms with van der Waals surface area (Å²) in [4.78, 5) is 66.8. The molecule has 10 rings (SSSR count). The Morgan fingerprint density at radius 3 is 2.08 bits per heavy atom. The predicted octanol–water partition coefficient (Wildman–Crippen LogP) is 4.16. The average Bonchev–Trinajstić information content (AvgIpc) is 4.09. The molecular weight excluding hydrogens is 849 g/mol. The van der Waals surface area contributed by atoms with Crippen molar-refractivity contribution in [2.75, 3.05) is 33.9 Å². The van der Waals surface area contributed by atoms with E-state index in [2.05, 4.69) is 4.98 Å². The van der Waals surface area contributed by atoms with Gasteiger partial charge in [-0.25, -0.2) is 0 Å². The van der Waals surface area contributed by atoms with Crippen molar-refractivity contribution in [3.63, 3.8) is 0 Å². The molecule has 17 nitrogen and oxygen atoms in total. The van der Waals surface area contributed by atoms with Crippen molar-refractivity contribution < 1.29 is 53.8 Å². The lowest BCUT2D eigenvalue weighted by atomic mass is 9.79. The van der Waals surface area contributed by atoms with Gasteiger partial charge in [0.1, 0.15) is 35.8 Å². The van der Waals surface area contributed by atoms with Crippen molar-refractivity contribution in [1.82, 2.24) is 29.2 Å². The Kier molecular flexibility index (Phi) is 10.3. The molecule has 5 N–H and O–H groups in total. The SMILES string of the molecule is COc1ccc2c3c([nH]c2c1)[C@H](CC(C)(C)O)N1C(=O)[C@@H]2CCCN2C(=O)[C@@]1(O)[C@H]3OCC(C)=CCn1c2c(c3ccc(OC)cc31)[C@H](O)[C@@]1(O)C(=O)N3CCC[C@H]3C(=O)N1[C@H]2C=C(C)C. The second-order valence-electron chi connectivity index (χ2n) is 19.7. The van der Waals surface area contributed by atoms with Crippen LogP contribution in [0.5, 0.6) is 11.5 Å². The smallest absolute Gasteiger partial charge is 0.279 e. The summed E-state index contributed by atoms with van der Waals surface area (Å²) >= 11 is 0. The largest absolute Gasteiger partial charge is 0.497 e. The fourth-order valence-corrected chi connectivity index (χ4v) is 11.8. The zero-order valence-corrected chi connectivity index (χ0v) is 38.3. The molecule has 2 aromatic carbocycles. The Labute approximate surface area is 381 Å². The Morgan fingerprint density at radius 1 is 0.848 bits per heavy atom. The number of methoxy groups -OCH3 is 2. The van der Waals surface area contributed by atoms with Crippen molar-refractivity contribution in [2.45, 2.75) is 127 Å². The van der Waals surface area contributed by atoms with Gasteiger partial charge in [-0.1, -0.05) is 23.3 Å². The van der Waals surface area contributed by atoms with Crippen LogP contribution in [0.1, 0.15) is 114 Å². The van der Waals surface area contributed by atoms with E-state index in [0.29, 0.717) is 100 Å². The first-order valence-corrected chi connectivity index (χ1v) is 22.8. The molecule has 0 bridgehead atoms. The summed E-state index contributed by atoms with van der Waals surface area (Å²) in [5, 5.41) is 50.3. The average molecular weight is 907 g/mol. The van der Waals surface area contributed by atoms with Crippen LogP contribution in [0.4, 0.5) is 0 Å². The van der Waals surface area contributed by atoms with E-state index in [1.807, 2.05) is 49.6 Å². The quantitative estimate of drug-likeness (QED) is 0.143. The molecule has 0 aliphatic carbocycles. The van der Waals surface area contributed by atoms with Gasteiger partial charge in [-0.3, -0.25) is 29.0 Å². The number of carbonyl (C=O) groups excluding carboxylic acids is 4. The number of nitrogens with one attached hydrogen (secondary N) is 1. The highest BCUT2D eigenvalue weighted by Gasteiger charge is 2.68. The molecule has 4 saturated heterocycles. The number of ether oxygens (including phenoxy) is 3. The molecule has 4 fully saturated rings. The Balaban J connectivity index is 1.08. The summed E-state index contributed by atoms with van der Waals surface area (Å²) in [6.45, 7) is 9.51. The number of aromatic amines is 1. The number of rotatable bonds is 10. The lowest BCUT2D eigenvalue weighted by molar-refractivity contribution is -0.241. The third-order valence-corrected chi connectivity index (χ3v) is 14.6. The zero-order valence-electron chi connectivity index (χ0n) is 38.3. The fourth-order valence-electron chi connectivity index (χ4n) is 11.8. The number of amides is 4. The number of fused-ring (bicyclic) bond motifs is 10. The van der Waals surface area contributed by atoms with Gasteiger partial charge in [-0.15, -0.1) is 0 Å². The summed E-state index contributed by atoms with van der Waals surface area (Å²) in [6, 6.07) is 7.38. The Bertz CT molecular complexity index is 2780. The maximum absolute atomic E-state index is 14.8. The molecule has 2 aromatic heterocycles. The predicted molar refractivity (Wildman–Crippen MR) is 240 cm³/mol. The van der Waals surface area contributed by atoms with E-state index in [1.165, 1.54) is 19.6 Å². The number of benzene rings is 2. The van der Waals surface area contributed by atoms with Crippen LogP contribution in [-0.2, 0) is 30.5 Å². The molecule has 17 heteroatoms. The Morgan fingerprint density at radius 2 is 1.45 bits per heavy atom. The van der Waals surface area contributed by atoms with Crippen LogP contribution in [-0.4, -0.2) is 136 Å². The van der Waals surface area contributed by atoms with Gasteiger partial charge in [0.2, 0.25) is 11.8 Å². The maximum atomic E-state index is 14.8. The maximum Gasteiger partial charge on any atom is 0.279 e. The van der Waals surface area contributed by atoms with Gasteiger partial charge in [0.25, 0.3) is 23.3 Å². The van der Waals surface area contributed by atoms with Crippen molar-refractivity contribution in [3.05, 3.63) is 82.2 Å². The number of hydrogen-bond acceptors (Lipinski definition) is 11. The number of carbonyl (C=O) groups is 4. The molecule has 0 spiro atoms. The number of aliphatic hydroxyl groups is 4. The van der Waals surface area contributed by atoms with Gasteiger partial charge in [0.15, 0.2) is 0 Å². The van der Waals surface area contributed by atoms with Crippen LogP contribution in [0.3, 0.4) is 0 Å². The van der Waals surface area contributed by atoms with E-state index in [4.69, 9.17) is 14.2 Å². The molecule has 0 unspecified atom stereocenters. The summed E-state index contributed by atoms with van der Waals surface area (Å²) in [5.41, 5.74) is -1.69. The summed E-state index contributed by atoms with van der Waals surface area (Å²) in [6.07, 6.45) is 2.69. The molecule has 6 aliphatic rings. The molecule has 4 aromatic rings. The van der Waals surface area contributed by atoms with Crippen LogP contribution in [0.15, 0.2) is 59.7 Å². The van der Waals surface area contributed by atoms with E-state index in [9.17, 15) is 39.6 Å². The van der Waals surface area contributed by atoms with E-state index in [0.717, 1.165) is 5.57 Å². The van der Waals surface area contributed by atoms with Crippen LogP contribution in [0, 0.1) is 0 Å². The number of H-pyrrole nitrogens is 1. The molecule has 4 amide bonds. The number of hydrogen-bond donors (Lipinski definition) is 5. The van der Waals surface area contributed by atoms with Gasteiger partial charge < -0.3 is 54.0 Å². The normalized spacial score (nSPS) is 29.5. The molecule has 6 aliphatic heterocycles. The minimum Gasteiger partial charge on any atom is -0.497 e.